The van der Waals surface area contributed by atoms with Gasteiger partial charge in [-0.15, -0.1) is 0 Å². The second-order valence-corrected chi connectivity index (χ2v) is 3.45. The highest BCUT2D eigenvalue weighted by Gasteiger charge is 2.38. The molecule has 6 nitrogen and oxygen atoms in total. The molecule has 0 aromatic rings. The first-order valence-corrected chi connectivity index (χ1v) is 4.42. The third-order valence-corrected chi connectivity index (χ3v) is 2.56. The molecule has 1 saturated carbocycles. The summed E-state index contributed by atoms with van der Waals surface area (Å²) in [6.07, 6.45) is 0.255. The molecular formula is C8H15NO5. The molecule has 0 radical (unpaired) electrons. The number of nitrogens with zero attached hydrogens (tertiary/aromatic N) is 1. The monoisotopic (exact) mass is 205 g/mol. The van der Waals surface area contributed by atoms with E-state index in [4.69, 9.17) is 15.2 Å². The third kappa shape index (κ3) is 2.73. The Kier molecular flexibility index (Phi) is 3.97. The number of carbonyl (C=O) groups is 1. The number of methoxy groups -OCH3 is 1. The minimum Gasteiger partial charge on any atom is -0.379 e. The van der Waals surface area contributed by atoms with Crippen LogP contribution in [0.2, 0.25) is 0 Å². The SMILES string of the molecule is CO[C@@H]1C[C@H](C(C)=O)C[C@H]1ON(O)O. The van der Waals surface area contributed by atoms with Gasteiger partial charge in [0.05, 0.1) is 11.5 Å². The summed E-state index contributed by atoms with van der Waals surface area (Å²) in [6.45, 7) is 1.51. The van der Waals surface area contributed by atoms with Crippen molar-refractivity contribution < 1.29 is 24.8 Å². The van der Waals surface area contributed by atoms with Gasteiger partial charge in [-0.3, -0.25) is 15.2 Å². The topological polar surface area (TPSA) is 79.2 Å². The Morgan fingerprint density at radius 2 is 1.93 bits per heavy atom. The molecule has 0 spiro atoms. The number of ketones is 1. The molecule has 1 rings (SSSR count). The molecule has 0 aromatic carbocycles. The smallest absolute Gasteiger partial charge is 0.133 e. The van der Waals surface area contributed by atoms with Crippen molar-refractivity contribution in [2.45, 2.75) is 32.0 Å². The first kappa shape index (κ1) is 11.5. The van der Waals surface area contributed by atoms with E-state index in [1.807, 2.05) is 0 Å². The van der Waals surface area contributed by atoms with E-state index in [1.54, 1.807) is 0 Å². The Balaban J connectivity index is 2.53. The van der Waals surface area contributed by atoms with Gasteiger partial charge < -0.3 is 4.74 Å². The standard InChI is InChI=1S/C8H15NO5/c1-5(10)6-3-7(13-2)8(4-6)14-9(11)12/h6-8,11-12H,3-4H2,1-2H3/t6-,7+,8+/m0/s1. The van der Waals surface area contributed by atoms with Gasteiger partial charge >= 0.3 is 0 Å². The molecule has 1 fully saturated rings. The maximum absolute atomic E-state index is 11.1. The molecule has 82 valence electrons. The molecule has 14 heavy (non-hydrogen) atoms. The highest BCUT2D eigenvalue weighted by atomic mass is 17.1. The number of hydrogen-bond acceptors (Lipinski definition) is 6. The van der Waals surface area contributed by atoms with E-state index in [1.165, 1.54) is 14.0 Å². The number of hydrogen-bond donors (Lipinski definition) is 2. The average molecular weight is 205 g/mol. The fourth-order valence-electron chi connectivity index (χ4n) is 1.77. The first-order chi connectivity index (χ1) is 6.54. The summed E-state index contributed by atoms with van der Waals surface area (Å²) >= 11 is 0. The lowest BCUT2D eigenvalue weighted by atomic mass is 10.0. The van der Waals surface area contributed by atoms with Gasteiger partial charge in [0.2, 0.25) is 0 Å². The average Bonchev–Trinajstić information content (AvgIpc) is 2.46. The predicted octanol–water partition coefficient (Wildman–Crippen LogP) is 0.381. The Morgan fingerprint density at radius 3 is 2.36 bits per heavy atom. The van der Waals surface area contributed by atoms with Crippen LogP contribution in [-0.2, 0) is 14.4 Å². The number of carbonyl (C=O) groups excluding carboxylic acids is 1. The summed E-state index contributed by atoms with van der Waals surface area (Å²) < 4.78 is 5.08. The normalized spacial score (nSPS) is 32.5. The molecule has 0 aromatic heterocycles. The van der Waals surface area contributed by atoms with Crippen LogP contribution in [0.15, 0.2) is 0 Å². The van der Waals surface area contributed by atoms with Crippen molar-refractivity contribution in [2.24, 2.45) is 5.92 Å². The molecular weight excluding hydrogens is 190 g/mol. The van der Waals surface area contributed by atoms with Gasteiger partial charge in [-0.2, -0.15) is 0 Å². The van der Waals surface area contributed by atoms with Crippen LogP contribution in [0, 0.1) is 5.92 Å². The van der Waals surface area contributed by atoms with E-state index in [2.05, 4.69) is 4.84 Å². The van der Waals surface area contributed by atoms with Gasteiger partial charge in [0.1, 0.15) is 11.9 Å². The minimum atomic E-state index is -0.483. The third-order valence-electron chi connectivity index (χ3n) is 2.56. The van der Waals surface area contributed by atoms with Crippen LogP contribution in [0.5, 0.6) is 0 Å². The van der Waals surface area contributed by atoms with Crippen molar-refractivity contribution in [1.82, 2.24) is 5.39 Å². The van der Waals surface area contributed by atoms with Gasteiger partial charge in [-0.1, -0.05) is 0 Å². The van der Waals surface area contributed by atoms with Gasteiger partial charge in [0.15, 0.2) is 0 Å². The molecule has 0 amide bonds. The van der Waals surface area contributed by atoms with E-state index in [9.17, 15) is 4.79 Å². The van der Waals surface area contributed by atoms with Crippen LogP contribution in [-0.4, -0.2) is 40.9 Å². The fraction of sp³-hybridized carbons (Fsp3) is 0.875. The van der Waals surface area contributed by atoms with E-state index >= 15 is 0 Å². The largest absolute Gasteiger partial charge is 0.379 e. The molecule has 0 bridgehead atoms. The maximum Gasteiger partial charge on any atom is 0.133 e. The lowest BCUT2D eigenvalue weighted by Crippen LogP contribution is -2.31. The molecule has 0 heterocycles. The van der Waals surface area contributed by atoms with Gasteiger partial charge in [-0.05, 0) is 19.8 Å². The summed E-state index contributed by atoms with van der Waals surface area (Å²) in [5.74, 6) is -0.0505. The highest BCUT2D eigenvalue weighted by Crippen LogP contribution is 2.30. The van der Waals surface area contributed by atoms with Crippen LogP contribution in [0.1, 0.15) is 19.8 Å². The summed E-state index contributed by atoms with van der Waals surface area (Å²) in [7, 11) is 1.50. The molecule has 0 saturated heterocycles. The maximum atomic E-state index is 11.1. The fourth-order valence-corrected chi connectivity index (χ4v) is 1.77. The van der Waals surface area contributed by atoms with E-state index < -0.39 is 6.10 Å². The Bertz CT molecular complexity index is 208. The zero-order chi connectivity index (χ0) is 10.7. The molecule has 1 aliphatic rings. The van der Waals surface area contributed by atoms with E-state index in [-0.39, 0.29) is 23.2 Å². The number of ether oxygens (including phenoxy) is 1. The number of Topliss-reactive ketones (excluding diaryl/α,β-unsaturated/α-hetero) is 1. The molecule has 1 aliphatic carbocycles. The highest BCUT2D eigenvalue weighted by molar-refractivity contribution is 5.78. The van der Waals surface area contributed by atoms with Crippen molar-refractivity contribution in [3.05, 3.63) is 0 Å². The van der Waals surface area contributed by atoms with Gasteiger partial charge in [-0.25, -0.2) is 4.84 Å². The molecule has 0 aliphatic heterocycles. The lowest BCUT2D eigenvalue weighted by molar-refractivity contribution is -0.507. The van der Waals surface area contributed by atoms with Crippen LogP contribution in [0.3, 0.4) is 0 Å². The Labute approximate surface area is 81.9 Å². The van der Waals surface area contributed by atoms with Crippen LogP contribution in [0.25, 0.3) is 0 Å². The van der Waals surface area contributed by atoms with Crippen molar-refractivity contribution in [1.29, 1.82) is 0 Å². The van der Waals surface area contributed by atoms with Gasteiger partial charge in [0.25, 0.3) is 0 Å². The number of rotatable bonds is 4. The summed E-state index contributed by atoms with van der Waals surface area (Å²) in [6, 6.07) is 0. The minimum absolute atomic E-state index is 0.0700. The van der Waals surface area contributed by atoms with E-state index in [0.717, 1.165) is 0 Å². The lowest BCUT2D eigenvalue weighted by Gasteiger charge is -2.18. The van der Waals surface area contributed by atoms with Crippen LogP contribution < -0.4 is 0 Å². The molecule has 0 unspecified atom stereocenters. The summed E-state index contributed by atoms with van der Waals surface area (Å²) in [5, 5.41) is 16.6. The second kappa shape index (κ2) is 4.81. The molecule has 6 heteroatoms. The first-order valence-electron chi connectivity index (χ1n) is 4.42. The van der Waals surface area contributed by atoms with Crippen molar-refractivity contribution in [3.63, 3.8) is 0 Å². The predicted molar refractivity (Wildman–Crippen MR) is 44.5 cm³/mol. The van der Waals surface area contributed by atoms with Crippen molar-refractivity contribution >= 4 is 5.78 Å². The van der Waals surface area contributed by atoms with Crippen molar-refractivity contribution in [3.8, 4) is 0 Å². The Hall–Kier alpha value is -0.530. The summed E-state index contributed by atoms with van der Waals surface area (Å²) in [4.78, 5) is 15.8. The molecule has 2 N–H and O–H groups in total. The van der Waals surface area contributed by atoms with Crippen LogP contribution >= 0.6 is 0 Å². The zero-order valence-electron chi connectivity index (χ0n) is 8.21. The van der Waals surface area contributed by atoms with Gasteiger partial charge in [0, 0.05) is 13.0 Å². The van der Waals surface area contributed by atoms with E-state index in [0.29, 0.717) is 12.8 Å². The Morgan fingerprint density at radius 1 is 1.36 bits per heavy atom. The summed E-state index contributed by atoms with van der Waals surface area (Å²) in [5.41, 5.74) is 0. The second-order valence-electron chi connectivity index (χ2n) is 3.45. The molecule has 3 atom stereocenters. The van der Waals surface area contributed by atoms with Crippen LogP contribution in [0.4, 0.5) is 0 Å². The quantitative estimate of drug-likeness (QED) is 0.646. The zero-order valence-corrected chi connectivity index (χ0v) is 8.21. The van der Waals surface area contributed by atoms with Crippen molar-refractivity contribution in [2.75, 3.05) is 7.11 Å².